The number of thioether (sulfide) groups is 1. The minimum Gasteiger partial charge on any atom is -0.465 e. The fourth-order valence-corrected chi connectivity index (χ4v) is 4.42. The number of rotatable bonds is 3. The molecule has 0 aromatic heterocycles. The zero-order valence-corrected chi connectivity index (χ0v) is 16.5. The quantitative estimate of drug-likeness (QED) is 0.347. The van der Waals surface area contributed by atoms with Gasteiger partial charge in [0, 0.05) is 0 Å². The summed E-state index contributed by atoms with van der Waals surface area (Å²) in [5, 5.41) is 2.16. The van der Waals surface area contributed by atoms with Crippen LogP contribution in [0.15, 0.2) is 71.6 Å². The van der Waals surface area contributed by atoms with Crippen LogP contribution in [-0.4, -0.2) is 23.3 Å². The maximum absolute atomic E-state index is 13.1. The number of anilines is 1. The average Bonchev–Trinajstić information content (AvgIpc) is 3.00. The molecule has 1 amide bonds. The molecule has 0 atom stereocenters. The van der Waals surface area contributed by atoms with Crippen LogP contribution in [-0.2, 0) is 9.53 Å². The number of fused-ring (bicyclic) bond motifs is 1. The van der Waals surface area contributed by atoms with Gasteiger partial charge in [0.25, 0.3) is 5.91 Å². The van der Waals surface area contributed by atoms with Crippen LogP contribution in [0.3, 0.4) is 0 Å². The van der Waals surface area contributed by atoms with E-state index in [9.17, 15) is 9.59 Å². The van der Waals surface area contributed by atoms with Crippen LogP contribution in [0.1, 0.15) is 15.9 Å². The molecule has 28 heavy (non-hydrogen) atoms. The van der Waals surface area contributed by atoms with Crippen molar-refractivity contribution < 1.29 is 14.3 Å². The molecule has 0 saturated carbocycles. The smallest absolute Gasteiger partial charge is 0.339 e. The van der Waals surface area contributed by atoms with Gasteiger partial charge in [-0.2, -0.15) is 0 Å². The van der Waals surface area contributed by atoms with Gasteiger partial charge in [-0.25, -0.2) is 4.79 Å². The first-order chi connectivity index (χ1) is 13.6. The molecule has 0 spiro atoms. The van der Waals surface area contributed by atoms with Crippen LogP contribution >= 0.6 is 24.0 Å². The van der Waals surface area contributed by atoms with Crippen LogP contribution in [0.2, 0.25) is 0 Å². The van der Waals surface area contributed by atoms with Gasteiger partial charge in [0.15, 0.2) is 4.32 Å². The minimum absolute atomic E-state index is 0.251. The summed E-state index contributed by atoms with van der Waals surface area (Å²) in [7, 11) is 1.31. The molecule has 1 saturated heterocycles. The van der Waals surface area contributed by atoms with Gasteiger partial charge < -0.3 is 4.74 Å². The standard InChI is InChI=1S/C22H15NO3S2/c1-26-21(25)17-11-4-5-12-18(17)23-20(24)19(28-22(23)27)13-15-9-6-8-14-7-2-3-10-16(14)15/h2-13H,1H3/b19-13-. The van der Waals surface area contributed by atoms with Crippen LogP contribution in [0.5, 0.6) is 0 Å². The second-order valence-electron chi connectivity index (χ2n) is 6.09. The molecule has 0 bridgehead atoms. The first-order valence-corrected chi connectivity index (χ1v) is 9.75. The number of benzene rings is 3. The van der Waals surface area contributed by atoms with Crippen LogP contribution < -0.4 is 4.90 Å². The number of methoxy groups -OCH3 is 1. The van der Waals surface area contributed by atoms with Gasteiger partial charge >= 0.3 is 5.97 Å². The van der Waals surface area contributed by atoms with Crippen LogP contribution in [0, 0.1) is 0 Å². The van der Waals surface area contributed by atoms with E-state index >= 15 is 0 Å². The Kier molecular flexibility index (Phi) is 4.98. The van der Waals surface area contributed by atoms with Crippen molar-refractivity contribution in [2.75, 3.05) is 12.0 Å². The molecule has 3 aromatic rings. The molecule has 138 valence electrons. The highest BCUT2D eigenvalue weighted by Crippen LogP contribution is 2.38. The molecule has 0 radical (unpaired) electrons. The first kappa shape index (κ1) is 18.4. The van der Waals surface area contributed by atoms with Gasteiger partial charge in [0.1, 0.15) is 0 Å². The van der Waals surface area contributed by atoms with Crippen molar-refractivity contribution in [3.8, 4) is 0 Å². The Morgan fingerprint density at radius 1 is 1.04 bits per heavy atom. The summed E-state index contributed by atoms with van der Waals surface area (Å²) in [6, 6.07) is 20.8. The van der Waals surface area contributed by atoms with E-state index in [-0.39, 0.29) is 5.91 Å². The Labute approximate surface area is 171 Å². The number of thiocarbonyl (C=S) groups is 1. The normalized spacial score (nSPS) is 15.5. The summed E-state index contributed by atoms with van der Waals surface area (Å²) in [6.07, 6.45) is 1.85. The van der Waals surface area contributed by atoms with Crippen molar-refractivity contribution in [3.63, 3.8) is 0 Å². The average molecular weight is 406 g/mol. The van der Waals surface area contributed by atoms with Crippen molar-refractivity contribution in [1.82, 2.24) is 0 Å². The Bertz CT molecular complexity index is 1150. The third-order valence-electron chi connectivity index (χ3n) is 4.45. The lowest BCUT2D eigenvalue weighted by atomic mass is 10.0. The van der Waals surface area contributed by atoms with E-state index in [4.69, 9.17) is 17.0 Å². The topological polar surface area (TPSA) is 46.6 Å². The predicted octanol–water partition coefficient (Wildman–Crippen LogP) is 5.03. The fraction of sp³-hybridized carbons (Fsp3) is 0.0455. The SMILES string of the molecule is COC(=O)c1ccccc1N1C(=O)/C(=C/c2cccc3ccccc23)SC1=S. The maximum Gasteiger partial charge on any atom is 0.339 e. The van der Waals surface area contributed by atoms with E-state index in [1.807, 2.05) is 48.5 Å². The van der Waals surface area contributed by atoms with Crippen molar-refractivity contribution in [2.24, 2.45) is 0 Å². The number of carbonyl (C=O) groups excluding carboxylic acids is 2. The summed E-state index contributed by atoms with van der Waals surface area (Å²) >= 11 is 6.67. The molecule has 0 unspecified atom stereocenters. The highest BCUT2D eigenvalue weighted by Gasteiger charge is 2.35. The molecule has 0 N–H and O–H groups in total. The molecule has 4 rings (SSSR count). The molecule has 6 heteroatoms. The van der Waals surface area contributed by atoms with E-state index < -0.39 is 5.97 Å². The summed E-state index contributed by atoms with van der Waals surface area (Å²) in [5.74, 6) is -0.762. The van der Waals surface area contributed by atoms with Gasteiger partial charge in [-0.3, -0.25) is 9.69 Å². The monoisotopic (exact) mass is 405 g/mol. The van der Waals surface area contributed by atoms with Gasteiger partial charge in [-0.05, 0) is 34.5 Å². The maximum atomic E-state index is 13.1. The molecule has 1 aliphatic rings. The Morgan fingerprint density at radius 3 is 2.57 bits per heavy atom. The van der Waals surface area contributed by atoms with E-state index in [0.29, 0.717) is 20.5 Å². The molecule has 0 aliphatic carbocycles. The number of amides is 1. The van der Waals surface area contributed by atoms with E-state index in [1.165, 1.54) is 23.8 Å². The molecule has 1 aliphatic heterocycles. The number of ether oxygens (including phenoxy) is 1. The summed E-state index contributed by atoms with van der Waals surface area (Å²) in [4.78, 5) is 27.1. The second kappa shape index (κ2) is 7.58. The number of esters is 1. The second-order valence-corrected chi connectivity index (χ2v) is 7.77. The van der Waals surface area contributed by atoms with Crippen molar-refractivity contribution >= 4 is 62.7 Å². The molecule has 1 fully saturated rings. The van der Waals surface area contributed by atoms with Crippen LogP contribution in [0.25, 0.3) is 16.8 Å². The number of nitrogens with zero attached hydrogens (tertiary/aromatic N) is 1. The number of para-hydroxylation sites is 1. The Hall–Kier alpha value is -2.96. The van der Waals surface area contributed by atoms with Gasteiger partial charge in [-0.15, -0.1) is 0 Å². The van der Waals surface area contributed by atoms with Crippen molar-refractivity contribution in [3.05, 3.63) is 82.8 Å². The molecule has 3 aromatic carbocycles. The highest BCUT2D eigenvalue weighted by molar-refractivity contribution is 8.27. The molecule has 1 heterocycles. The zero-order chi connectivity index (χ0) is 19.7. The first-order valence-electron chi connectivity index (χ1n) is 8.53. The van der Waals surface area contributed by atoms with Crippen molar-refractivity contribution in [1.29, 1.82) is 0 Å². The summed E-state index contributed by atoms with van der Waals surface area (Å²) in [6.45, 7) is 0. The third-order valence-corrected chi connectivity index (χ3v) is 5.76. The number of carbonyl (C=O) groups is 2. The van der Waals surface area contributed by atoms with E-state index in [1.54, 1.807) is 24.3 Å². The van der Waals surface area contributed by atoms with Crippen LogP contribution in [0.4, 0.5) is 5.69 Å². The van der Waals surface area contributed by atoms with Gasteiger partial charge in [-0.1, -0.05) is 78.6 Å². The number of hydrogen-bond donors (Lipinski definition) is 0. The zero-order valence-electron chi connectivity index (χ0n) is 14.9. The van der Waals surface area contributed by atoms with Crippen molar-refractivity contribution in [2.45, 2.75) is 0 Å². The number of hydrogen-bond acceptors (Lipinski definition) is 5. The molecular formula is C22H15NO3S2. The predicted molar refractivity (Wildman–Crippen MR) is 117 cm³/mol. The van der Waals surface area contributed by atoms with E-state index in [0.717, 1.165) is 16.3 Å². The molecular weight excluding hydrogens is 390 g/mol. The van der Waals surface area contributed by atoms with E-state index in [2.05, 4.69) is 0 Å². The minimum atomic E-state index is -0.511. The summed E-state index contributed by atoms with van der Waals surface area (Å²) in [5.41, 5.74) is 1.67. The lowest BCUT2D eigenvalue weighted by Gasteiger charge is -2.17. The van der Waals surface area contributed by atoms with Gasteiger partial charge in [0.2, 0.25) is 0 Å². The van der Waals surface area contributed by atoms with Gasteiger partial charge in [0.05, 0.1) is 23.3 Å². The fourth-order valence-electron chi connectivity index (χ4n) is 3.14. The Morgan fingerprint density at radius 2 is 1.75 bits per heavy atom. The lowest BCUT2D eigenvalue weighted by molar-refractivity contribution is -0.113. The highest BCUT2D eigenvalue weighted by atomic mass is 32.2. The summed E-state index contributed by atoms with van der Waals surface area (Å²) < 4.78 is 5.22. The largest absolute Gasteiger partial charge is 0.465 e. The molecule has 4 nitrogen and oxygen atoms in total. The third kappa shape index (κ3) is 3.21. The Balaban J connectivity index is 1.76. The lowest BCUT2D eigenvalue weighted by Crippen LogP contribution is -2.29.